The van der Waals surface area contributed by atoms with Gasteiger partial charge in [0.1, 0.15) is 22.1 Å². The molecule has 0 saturated carbocycles. The molecule has 35 heavy (non-hydrogen) atoms. The molecule has 0 aliphatic carbocycles. The van der Waals surface area contributed by atoms with E-state index in [1.165, 1.54) is 12.1 Å². The zero-order valence-electron chi connectivity index (χ0n) is 19.4. The second kappa shape index (κ2) is 9.92. The number of thiophene rings is 1. The van der Waals surface area contributed by atoms with Gasteiger partial charge in [-0.3, -0.25) is 9.59 Å². The molecule has 0 radical (unpaired) electrons. The number of rotatable bonds is 6. The molecule has 1 aliphatic heterocycles. The van der Waals surface area contributed by atoms with Crippen molar-refractivity contribution in [3.63, 3.8) is 0 Å². The van der Waals surface area contributed by atoms with E-state index in [-0.39, 0.29) is 30.3 Å². The van der Waals surface area contributed by atoms with E-state index in [1.54, 1.807) is 27.2 Å². The molecule has 0 unspecified atom stereocenters. The van der Waals surface area contributed by atoms with Gasteiger partial charge in [0.15, 0.2) is 6.61 Å². The van der Waals surface area contributed by atoms with Gasteiger partial charge in [0.2, 0.25) is 0 Å². The molecule has 1 atom stereocenters. The van der Waals surface area contributed by atoms with Crippen molar-refractivity contribution >= 4 is 33.4 Å². The SMILES string of the molecule is C[C@H]1CN(C(=O)c2cc3ccsc3n2Cc2cccc(F)c2)CCN1C(=O)COc1ccccc1. The summed E-state index contributed by atoms with van der Waals surface area (Å²) in [6.07, 6.45) is 0. The van der Waals surface area contributed by atoms with Crippen molar-refractivity contribution in [1.29, 1.82) is 0 Å². The lowest BCUT2D eigenvalue weighted by Crippen LogP contribution is -2.56. The van der Waals surface area contributed by atoms with Crippen LogP contribution in [-0.4, -0.2) is 58.5 Å². The van der Waals surface area contributed by atoms with E-state index in [0.717, 1.165) is 15.8 Å². The van der Waals surface area contributed by atoms with E-state index >= 15 is 0 Å². The van der Waals surface area contributed by atoms with E-state index in [4.69, 9.17) is 4.74 Å². The minimum atomic E-state index is -0.296. The van der Waals surface area contributed by atoms with Crippen LogP contribution in [0.5, 0.6) is 5.75 Å². The highest BCUT2D eigenvalue weighted by atomic mass is 32.1. The number of carbonyl (C=O) groups excluding carboxylic acids is 2. The molecule has 8 heteroatoms. The molecule has 6 nitrogen and oxygen atoms in total. The zero-order valence-corrected chi connectivity index (χ0v) is 20.2. The van der Waals surface area contributed by atoms with Crippen molar-refractivity contribution in [2.45, 2.75) is 19.5 Å². The van der Waals surface area contributed by atoms with E-state index < -0.39 is 0 Å². The van der Waals surface area contributed by atoms with E-state index in [1.807, 2.05) is 65.4 Å². The number of nitrogens with zero attached hydrogens (tertiary/aromatic N) is 3. The monoisotopic (exact) mass is 491 g/mol. The van der Waals surface area contributed by atoms with Crippen molar-refractivity contribution in [2.24, 2.45) is 0 Å². The van der Waals surface area contributed by atoms with Crippen LogP contribution in [0.2, 0.25) is 0 Å². The Morgan fingerprint density at radius 3 is 2.66 bits per heavy atom. The Morgan fingerprint density at radius 2 is 1.89 bits per heavy atom. The molecule has 0 spiro atoms. The average Bonchev–Trinajstić information content (AvgIpc) is 3.45. The van der Waals surface area contributed by atoms with Gasteiger partial charge in [0.05, 0.1) is 0 Å². The highest BCUT2D eigenvalue weighted by Crippen LogP contribution is 2.28. The number of piperazine rings is 1. The largest absolute Gasteiger partial charge is 0.484 e. The Morgan fingerprint density at radius 1 is 1.06 bits per heavy atom. The lowest BCUT2D eigenvalue weighted by molar-refractivity contribution is -0.137. The summed E-state index contributed by atoms with van der Waals surface area (Å²) in [6, 6.07) is 19.5. The number of para-hydroxylation sites is 1. The van der Waals surface area contributed by atoms with Gasteiger partial charge >= 0.3 is 0 Å². The predicted molar refractivity (Wildman–Crippen MR) is 134 cm³/mol. The maximum absolute atomic E-state index is 13.8. The van der Waals surface area contributed by atoms with Gasteiger partial charge in [-0.2, -0.15) is 0 Å². The lowest BCUT2D eigenvalue weighted by atomic mass is 10.1. The van der Waals surface area contributed by atoms with E-state index in [9.17, 15) is 14.0 Å². The number of carbonyl (C=O) groups is 2. The van der Waals surface area contributed by atoms with Crippen LogP contribution in [-0.2, 0) is 11.3 Å². The normalized spacial score (nSPS) is 16.0. The van der Waals surface area contributed by atoms with Crippen LogP contribution in [0.1, 0.15) is 23.0 Å². The Balaban J connectivity index is 1.28. The number of amides is 2. The Hall–Kier alpha value is -3.65. The van der Waals surface area contributed by atoms with Gasteiger partial charge < -0.3 is 19.1 Å². The third-order valence-electron chi connectivity index (χ3n) is 6.29. The molecule has 1 saturated heterocycles. The average molecular weight is 492 g/mol. The summed E-state index contributed by atoms with van der Waals surface area (Å²) in [6.45, 7) is 3.66. The maximum Gasteiger partial charge on any atom is 0.270 e. The number of aromatic nitrogens is 1. The number of hydrogen-bond donors (Lipinski definition) is 0. The summed E-state index contributed by atoms with van der Waals surface area (Å²) in [5.74, 6) is 0.185. The fourth-order valence-corrected chi connectivity index (χ4v) is 5.44. The molecule has 1 aliphatic rings. The van der Waals surface area contributed by atoms with Crippen LogP contribution < -0.4 is 4.74 Å². The summed E-state index contributed by atoms with van der Waals surface area (Å²) in [5.41, 5.74) is 1.38. The van der Waals surface area contributed by atoms with Crippen molar-refractivity contribution in [1.82, 2.24) is 14.4 Å². The van der Waals surface area contributed by atoms with Crippen LogP contribution in [0.3, 0.4) is 0 Å². The molecule has 5 rings (SSSR count). The fraction of sp³-hybridized carbons (Fsp3) is 0.259. The molecule has 1 fully saturated rings. The van der Waals surface area contributed by atoms with Gasteiger partial charge in [-0.1, -0.05) is 30.3 Å². The number of benzene rings is 2. The first-order valence-corrected chi connectivity index (χ1v) is 12.5. The van der Waals surface area contributed by atoms with Crippen molar-refractivity contribution in [3.05, 3.63) is 89.2 Å². The second-order valence-corrected chi connectivity index (χ2v) is 9.61. The molecule has 0 N–H and O–H groups in total. The van der Waals surface area contributed by atoms with Crippen molar-refractivity contribution < 1.29 is 18.7 Å². The molecule has 2 aromatic heterocycles. The smallest absolute Gasteiger partial charge is 0.270 e. The van der Waals surface area contributed by atoms with E-state index in [0.29, 0.717) is 37.6 Å². The standard InChI is InChI=1S/C27H26FN3O3S/c1-19-16-29(11-12-30(19)25(32)18-34-23-8-3-2-4-9-23)26(33)24-15-21-10-13-35-27(21)31(24)17-20-6-5-7-22(28)14-20/h2-10,13-15,19H,11-12,16-18H2,1H3/t19-/m0/s1. The first kappa shape index (κ1) is 23.1. The molecule has 180 valence electrons. The minimum Gasteiger partial charge on any atom is -0.484 e. The molecule has 3 heterocycles. The van der Waals surface area contributed by atoms with Crippen molar-refractivity contribution in [3.8, 4) is 5.75 Å². The number of fused-ring (bicyclic) bond motifs is 1. The number of halogens is 1. The third kappa shape index (κ3) is 4.93. The minimum absolute atomic E-state index is 0.0327. The van der Waals surface area contributed by atoms with Crippen LogP contribution in [0.4, 0.5) is 4.39 Å². The predicted octanol–water partition coefficient (Wildman–Crippen LogP) is 4.64. The molecule has 0 bridgehead atoms. The Kier molecular flexibility index (Phi) is 6.55. The van der Waals surface area contributed by atoms with Gasteiger partial charge in [-0.25, -0.2) is 4.39 Å². The van der Waals surface area contributed by atoms with Gasteiger partial charge in [-0.15, -0.1) is 11.3 Å². The first-order chi connectivity index (χ1) is 17.0. The highest BCUT2D eigenvalue weighted by Gasteiger charge is 2.32. The zero-order chi connectivity index (χ0) is 24.4. The third-order valence-corrected chi connectivity index (χ3v) is 7.24. The van der Waals surface area contributed by atoms with E-state index in [2.05, 4.69) is 0 Å². The molecule has 2 aromatic carbocycles. The first-order valence-electron chi connectivity index (χ1n) is 11.6. The van der Waals surface area contributed by atoms with Crippen LogP contribution in [0.15, 0.2) is 72.1 Å². The van der Waals surface area contributed by atoms with Gasteiger partial charge in [0, 0.05) is 37.6 Å². The van der Waals surface area contributed by atoms with Crippen molar-refractivity contribution in [2.75, 3.05) is 26.2 Å². The van der Waals surface area contributed by atoms with Gasteiger partial charge in [0.25, 0.3) is 11.8 Å². The molecular weight excluding hydrogens is 465 g/mol. The molecule has 4 aromatic rings. The maximum atomic E-state index is 13.8. The Bertz CT molecular complexity index is 1350. The van der Waals surface area contributed by atoms with Crippen LogP contribution in [0.25, 0.3) is 10.2 Å². The second-order valence-electron chi connectivity index (χ2n) is 8.72. The topological polar surface area (TPSA) is 54.8 Å². The summed E-state index contributed by atoms with van der Waals surface area (Å²) in [4.78, 5) is 30.9. The number of hydrogen-bond acceptors (Lipinski definition) is 4. The van der Waals surface area contributed by atoms with Gasteiger partial charge in [-0.05, 0) is 54.3 Å². The summed E-state index contributed by atoms with van der Waals surface area (Å²) in [7, 11) is 0. The fourth-order valence-electron chi connectivity index (χ4n) is 4.55. The molecular formula is C27H26FN3O3S. The summed E-state index contributed by atoms with van der Waals surface area (Å²) in [5, 5.41) is 2.99. The Labute approximate surface area is 207 Å². The summed E-state index contributed by atoms with van der Waals surface area (Å²) < 4.78 is 21.4. The quantitative estimate of drug-likeness (QED) is 0.395. The summed E-state index contributed by atoms with van der Waals surface area (Å²) >= 11 is 1.56. The lowest BCUT2D eigenvalue weighted by Gasteiger charge is -2.39. The molecule has 2 amide bonds. The number of ether oxygens (including phenoxy) is 1. The van der Waals surface area contributed by atoms with Crippen LogP contribution >= 0.6 is 11.3 Å². The highest BCUT2D eigenvalue weighted by molar-refractivity contribution is 7.16. The van der Waals surface area contributed by atoms with Crippen LogP contribution in [0, 0.1) is 5.82 Å².